The number of rotatable bonds is 2. The maximum atomic E-state index is 11.5. The predicted molar refractivity (Wildman–Crippen MR) is 58.2 cm³/mol. The van der Waals surface area contributed by atoms with E-state index < -0.39 is 17.9 Å². The molecule has 0 aliphatic carbocycles. The van der Waals surface area contributed by atoms with Crippen molar-refractivity contribution in [2.24, 2.45) is 0 Å². The molecule has 6 heteroatoms. The largest absolute Gasteiger partial charge is 0.457 e. The van der Waals surface area contributed by atoms with E-state index in [1.165, 1.54) is 26.0 Å². The lowest BCUT2D eigenvalue weighted by Crippen LogP contribution is -2.08. The van der Waals surface area contributed by atoms with Crippen molar-refractivity contribution in [1.82, 2.24) is 0 Å². The average molecular weight is 250 g/mol. The molecule has 0 fully saturated rings. The fraction of sp³-hybridized carbons (Fsp3) is 0.250. The Morgan fingerprint density at radius 2 is 1.83 bits per heavy atom. The summed E-state index contributed by atoms with van der Waals surface area (Å²) >= 11 is 0. The molecule has 0 radical (unpaired) electrons. The third-order valence-corrected chi connectivity index (χ3v) is 2.24. The van der Waals surface area contributed by atoms with Gasteiger partial charge in [0.1, 0.15) is 23.7 Å². The third-order valence-electron chi connectivity index (χ3n) is 2.24. The molecule has 18 heavy (non-hydrogen) atoms. The van der Waals surface area contributed by atoms with E-state index in [1.807, 2.05) is 0 Å². The van der Waals surface area contributed by atoms with Crippen LogP contribution in [0.3, 0.4) is 0 Å². The van der Waals surface area contributed by atoms with E-state index in [2.05, 4.69) is 0 Å². The molecule has 0 bridgehead atoms. The van der Waals surface area contributed by atoms with E-state index in [0.717, 1.165) is 0 Å². The zero-order chi connectivity index (χ0) is 13.3. The molecule has 0 saturated heterocycles. The van der Waals surface area contributed by atoms with Gasteiger partial charge < -0.3 is 14.2 Å². The first-order valence-corrected chi connectivity index (χ1v) is 5.18. The van der Waals surface area contributed by atoms with Gasteiger partial charge in [0.25, 0.3) is 0 Å². The lowest BCUT2D eigenvalue weighted by molar-refractivity contribution is -0.132. The maximum Gasteiger partial charge on any atom is 0.342 e. The van der Waals surface area contributed by atoms with Gasteiger partial charge in [-0.1, -0.05) is 0 Å². The van der Waals surface area contributed by atoms with Crippen LogP contribution in [0, 0.1) is 0 Å². The van der Waals surface area contributed by atoms with Crippen molar-refractivity contribution in [3.8, 4) is 11.5 Å². The Morgan fingerprint density at radius 3 is 2.44 bits per heavy atom. The normalized spacial score (nSPS) is 12.7. The lowest BCUT2D eigenvalue weighted by atomic mass is 10.1. The predicted octanol–water partition coefficient (Wildman–Crippen LogP) is 1.21. The number of hydrogen-bond acceptors (Lipinski definition) is 6. The van der Waals surface area contributed by atoms with Crippen molar-refractivity contribution in [2.75, 3.05) is 0 Å². The second kappa shape index (κ2) is 4.48. The van der Waals surface area contributed by atoms with Crippen LogP contribution in [0.1, 0.15) is 29.8 Å². The molecule has 0 atom stereocenters. The number of fused-ring (bicyclic) bond motifs is 1. The third kappa shape index (κ3) is 2.32. The van der Waals surface area contributed by atoms with Crippen LogP contribution < -0.4 is 9.47 Å². The summed E-state index contributed by atoms with van der Waals surface area (Å²) in [6, 6.07) is 2.82. The molecule has 0 amide bonds. The van der Waals surface area contributed by atoms with Gasteiger partial charge in [-0.2, -0.15) is 0 Å². The molecule has 0 spiro atoms. The molecule has 0 saturated carbocycles. The number of carbonyl (C=O) groups excluding carboxylic acids is 3. The van der Waals surface area contributed by atoms with Gasteiger partial charge >= 0.3 is 17.9 Å². The Bertz CT molecular complexity index is 546. The monoisotopic (exact) mass is 250 g/mol. The highest BCUT2D eigenvalue weighted by molar-refractivity contribution is 5.97. The highest BCUT2D eigenvalue weighted by atomic mass is 16.6. The summed E-state index contributed by atoms with van der Waals surface area (Å²) in [6.45, 7) is 2.53. The molecule has 0 N–H and O–H groups in total. The van der Waals surface area contributed by atoms with Crippen LogP contribution >= 0.6 is 0 Å². The highest BCUT2D eigenvalue weighted by Crippen LogP contribution is 2.34. The number of benzene rings is 1. The number of carbonyl (C=O) groups is 3. The van der Waals surface area contributed by atoms with Gasteiger partial charge in [0.2, 0.25) is 0 Å². The minimum absolute atomic E-state index is 0.0405. The van der Waals surface area contributed by atoms with Crippen LogP contribution in [-0.2, 0) is 20.9 Å². The Hall–Kier alpha value is -2.37. The summed E-state index contributed by atoms with van der Waals surface area (Å²) < 4.78 is 14.7. The van der Waals surface area contributed by atoms with E-state index in [0.29, 0.717) is 5.56 Å². The molecular weight excluding hydrogens is 240 g/mol. The fourth-order valence-corrected chi connectivity index (χ4v) is 1.67. The molecular formula is C12H10O6. The molecule has 2 rings (SSSR count). The second-order valence-corrected chi connectivity index (χ2v) is 3.72. The molecule has 1 aliphatic heterocycles. The number of hydrogen-bond donors (Lipinski definition) is 0. The topological polar surface area (TPSA) is 78.9 Å². The standard InChI is InChI=1S/C12H10O6/c1-6(13)17-9-3-8-5-16-12(15)11(8)10(4-9)18-7(2)14/h3-4H,5H2,1-2H3. The summed E-state index contributed by atoms with van der Waals surface area (Å²) in [5.74, 6) is -1.39. The highest BCUT2D eigenvalue weighted by Gasteiger charge is 2.28. The van der Waals surface area contributed by atoms with Crippen LogP contribution in [-0.4, -0.2) is 17.9 Å². The van der Waals surface area contributed by atoms with Crippen LogP contribution in [0.25, 0.3) is 0 Å². The molecule has 1 aliphatic rings. The number of cyclic esters (lactones) is 1. The summed E-state index contributed by atoms with van der Waals surface area (Å²) in [5.41, 5.74) is 0.719. The van der Waals surface area contributed by atoms with E-state index in [1.54, 1.807) is 0 Å². The first kappa shape index (κ1) is 12.1. The molecule has 0 aromatic heterocycles. The summed E-state index contributed by atoms with van der Waals surface area (Å²) in [5, 5.41) is 0. The van der Waals surface area contributed by atoms with Gasteiger partial charge in [0.05, 0.1) is 0 Å². The average Bonchev–Trinajstić information content (AvgIpc) is 2.58. The van der Waals surface area contributed by atoms with Crippen LogP contribution in [0.5, 0.6) is 11.5 Å². The maximum absolute atomic E-state index is 11.5. The lowest BCUT2D eigenvalue weighted by Gasteiger charge is -2.08. The Morgan fingerprint density at radius 1 is 1.17 bits per heavy atom. The molecule has 1 aromatic carbocycles. The van der Waals surface area contributed by atoms with Crippen molar-refractivity contribution < 1.29 is 28.6 Å². The van der Waals surface area contributed by atoms with Gasteiger partial charge in [0.15, 0.2) is 0 Å². The van der Waals surface area contributed by atoms with Gasteiger partial charge in [-0.3, -0.25) is 9.59 Å². The SMILES string of the molecule is CC(=O)Oc1cc2c(c(OC(C)=O)c1)C(=O)OC2. The van der Waals surface area contributed by atoms with E-state index in [9.17, 15) is 14.4 Å². The van der Waals surface area contributed by atoms with Crippen LogP contribution in [0.2, 0.25) is 0 Å². The van der Waals surface area contributed by atoms with Crippen molar-refractivity contribution >= 4 is 17.9 Å². The van der Waals surface area contributed by atoms with Crippen LogP contribution in [0.4, 0.5) is 0 Å². The van der Waals surface area contributed by atoms with E-state index >= 15 is 0 Å². The Kier molecular flexibility index (Phi) is 3.01. The van der Waals surface area contributed by atoms with Crippen molar-refractivity contribution in [1.29, 1.82) is 0 Å². The molecule has 1 heterocycles. The molecule has 1 aromatic rings. The summed E-state index contributed by atoms with van der Waals surface area (Å²) in [7, 11) is 0. The molecule has 94 valence electrons. The second-order valence-electron chi connectivity index (χ2n) is 3.72. The van der Waals surface area contributed by atoms with Gasteiger partial charge in [-0.05, 0) is 6.07 Å². The summed E-state index contributed by atoms with van der Waals surface area (Å²) in [4.78, 5) is 33.3. The molecule has 0 unspecified atom stereocenters. The molecule has 6 nitrogen and oxygen atoms in total. The summed E-state index contributed by atoms with van der Waals surface area (Å²) in [6.07, 6.45) is 0. The van der Waals surface area contributed by atoms with Gasteiger partial charge in [-0.25, -0.2) is 4.79 Å². The number of esters is 3. The van der Waals surface area contributed by atoms with E-state index in [4.69, 9.17) is 14.2 Å². The number of ether oxygens (including phenoxy) is 3. The van der Waals surface area contributed by atoms with E-state index in [-0.39, 0.29) is 23.7 Å². The van der Waals surface area contributed by atoms with Crippen molar-refractivity contribution in [3.63, 3.8) is 0 Å². The first-order chi connectivity index (χ1) is 8.47. The Labute approximate surface area is 102 Å². The van der Waals surface area contributed by atoms with Crippen molar-refractivity contribution in [2.45, 2.75) is 20.5 Å². The minimum atomic E-state index is -0.572. The Balaban J connectivity index is 2.47. The first-order valence-electron chi connectivity index (χ1n) is 5.18. The quantitative estimate of drug-likeness (QED) is 0.579. The zero-order valence-corrected chi connectivity index (χ0v) is 9.81. The smallest absolute Gasteiger partial charge is 0.342 e. The van der Waals surface area contributed by atoms with Crippen LogP contribution in [0.15, 0.2) is 12.1 Å². The van der Waals surface area contributed by atoms with Gasteiger partial charge in [-0.15, -0.1) is 0 Å². The zero-order valence-electron chi connectivity index (χ0n) is 9.81. The van der Waals surface area contributed by atoms with Crippen molar-refractivity contribution in [3.05, 3.63) is 23.3 Å². The minimum Gasteiger partial charge on any atom is -0.457 e. The fourth-order valence-electron chi connectivity index (χ4n) is 1.67. The van der Waals surface area contributed by atoms with Gasteiger partial charge in [0, 0.05) is 25.5 Å².